The Labute approximate surface area is 221 Å². The monoisotopic (exact) mass is 505 g/mol. The highest BCUT2D eigenvalue weighted by molar-refractivity contribution is 5.94. The minimum absolute atomic E-state index is 0.137. The Kier molecular flexibility index (Phi) is 7.59. The van der Waals surface area contributed by atoms with Gasteiger partial charge in [-0.15, -0.1) is 0 Å². The van der Waals surface area contributed by atoms with Gasteiger partial charge in [-0.05, 0) is 60.0 Å². The Morgan fingerprint density at radius 2 is 1.47 bits per heavy atom. The number of methoxy groups -OCH3 is 1. The van der Waals surface area contributed by atoms with Crippen molar-refractivity contribution in [2.24, 2.45) is 0 Å². The summed E-state index contributed by atoms with van der Waals surface area (Å²) in [7, 11) is 1.59. The zero-order valence-corrected chi connectivity index (χ0v) is 21.1. The number of benzene rings is 4. The number of amides is 1. The molecule has 190 valence electrons. The number of halogens is 1. The molecule has 0 unspecified atom stereocenters. The van der Waals surface area contributed by atoms with Crippen molar-refractivity contribution >= 4 is 5.91 Å². The van der Waals surface area contributed by atoms with Crippen LogP contribution in [0.1, 0.15) is 34.0 Å². The summed E-state index contributed by atoms with van der Waals surface area (Å²) in [5.41, 5.74) is 4.10. The van der Waals surface area contributed by atoms with E-state index in [1.54, 1.807) is 48.2 Å². The van der Waals surface area contributed by atoms with E-state index >= 15 is 0 Å². The number of aromatic nitrogens is 2. The van der Waals surface area contributed by atoms with Crippen LogP contribution in [0.3, 0.4) is 0 Å². The van der Waals surface area contributed by atoms with Gasteiger partial charge in [-0.25, -0.2) is 9.07 Å². The minimum atomic E-state index is -0.396. The largest absolute Gasteiger partial charge is 0.497 e. The molecule has 6 heteroatoms. The molecule has 0 atom stereocenters. The zero-order chi connectivity index (χ0) is 26.3. The first-order valence-electron chi connectivity index (χ1n) is 12.5. The third kappa shape index (κ3) is 5.49. The average molecular weight is 506 g/mol. The van der Waals surface area contributed by atoms with Crippen molar-refractivity contribution < 1.29 is 13.9 Å². The van der Waals surface area contributed by atoms with Gasteiger partial charge in [-0.3, -0.25) is 4.79 Å². The summed E-state index contributed by atoms with van der Waals surface area (Å²) in [5, 5.41) is 7.66. The second kappa shape index (κ2) is 11.6. The number of rotatable bonds is 9. The van der Waals surface area contributed by atoms with Gasteiger partial charge in [-0.1, -0.05) is 72.8 Å². The molecule has 0 spiro atoms. The van der Waals surface area contributed by atoms with Gasteiger partial charge in [-0.2, -0.15) is 5.10 Å². The average Bonchev–Trinajstić information content (AvgIpc) is 3.42. The molecule has 5 nitrogen and oxygen atoms in total. The summed E-state index contributed by atoms with van der Waals surface area (Å²) < 4.78 is 21.4. The van der Waals surface area contributed by atoms with E-state index < -0.39 is 5.82 Å². The first-order valence-corrected chi connectivity index (χ1v) is 12.5. The third-order valence-corrected chi connectivity index (χ3v) is 6.53. The van der Waals surface area contributed by atoms with Crippen LogP contribution in [0, 0.1) is 5.82 Å². The molecule has 1 amide bonds. The molecule has 0 saturated carbocycles. The lowest BCUT2D eigenvalue weighted by Crippen LogP contribution is -2.28. The number of hydrogen-bond acceptors (Lipinski definition) is 3. The van der Waals surface area contributed by atoms with Crippen LogP contribution in [0.2, 0.25) is 0 Å². The van der Waals surface area contributed by atoms with Crippen LogP contribution < -0.4 is 10.1 Å². The molecule has 4 aromatic carbocycles. The smallest absolute Gasteiger partial charge is 0.270 e. The van der Waals surface area contributed by atoms with E-state index in [-0.39, 0.29) is 11.8 Å². The number of carbonyl (C=O) groups excluding carboxylic acids is 1. The van der Waals surface area contributed by atoms with Gasteiger partial charge in [0.2, 0.25) is 0 Å². The van der Waals surface area contributed by atoms with Gasteiger partial charge in [0.1, 0.15) is 17.3 Å². The molecule has 5 aromatic rings. The normalized spacial score (nSPS) is 10.9. The number of ether oxygens (including phenoxy) is 1. The molecule has 0 aliphatic rings. The predicted octanol–water partition coefficient (Wildman–Crippen LogP) is 6.64. The van der Waals surface area contributed by atoms with Crippen molar-refractivity contribution in [3.63, 3.8) is 0 Å². The molecule has 0 fully saturated rings. The zero-order valence-electron chi connectivity index (χ0n) is 21.1. The minimum Gasteiger partial charge on any atom is -0.497 e. The van der Waals surface area contributed by atoms with Crippen LogP contribution in [0.4, 0.5) is 4.39 Å². The maximum Gasteiger partial charge on any atom is 0.270 e. The maximum absolute atomic E-state index is 14.6. The molecule has 5 rings (SSSR count). The first-order chi connectivity index (χ1) is 18.6. The van der Waals surface area contributed by atoms with Crippen LogP contribution >= 0.6 is 0 Å². The van der Waals surface area contributed by atoms with Gasteiger partial charge < -0.3 is 10.1 Å². The Morgan fingerprint density at radius 1 is 0.868 bits per heavy atom. The van der Waals surface area contributed by atoms with Crippen LogP contribution in [-0.2, 0) is 0 Å². The molecule has 1 aromatic heterocycles. The van der Waals surface area contributed by atoms with Crippen LogP contribution in [0.25, 0.3) is 16.9 Å². The summed E-state index contributed by atoms with van der Waals surface area (Å²) in [6.07, 6.45) is 0.719. The van der Waals surface area contributed by atoms with E-state index in [1.807, 2.05) is 48.5 Å². The Morgan fingerprint density at radius 3 is 2.08 bits per heavy atom. The molecule has 1 heterocycles. The van der Waals surface area contributed by atoms with Crippen molar-refractivity contribution in [2.75, 3.05) is 13.7 Å². The second-order valence-corrected chi connectivity index (χ2v) is 8.92. The van der Waals surface area contributed by atoms with Gasteiger partial charge in [0.05, 0.1) is 18.5 Å². The summed E-state index contributed by atoms with van der Waals surface area (Å²) in [6, 6.07) is 35.8. The highest BCUT2D eigenvalue weighted by atomic mass is 19.1. The number of nitrogens with one attached hydrogen (secondary N) is 1. The highest BCUT2D eigenvalue weighted by Gasteiger charge is 2.20. The Hall–Kier alpha value is -4.71. The number of carbonyl (C=O) groups is 1. The molecular weight excluding hydrogens is 477 g/mol. The quantitative estimate of drug-likeness (QED) is 0.244. The van der Waals surface area contributed by atoms with Crippen molar-refractivity contribution in [3.05, 3.63) is 138 Å². The summed E-state index contributed by atoms with van der Waals surface area (Å²) in [4.78, 5) is 13.5. The van der Waals surface area contributed by atoms with E-state index in [2.05, 4.69) is 34.7 Å². The van der Waals surface area contributed by atoms with Gasteiger partial charge in [0.25, 0.3) is 5.91 Å². The van der Waals surface area contributed by atoms with Crippen LogP contribution in [0.15, 0.2) is 115 Å². The lowest BCUT2D eigenvalue weighted by atomic mass is 9.88. The Balaban J connectivity index is 1.41. The second-order valence-electron chi connectivity index (χ2n) is 8.92. The van der Waals surface area contributed by atoms with E-state index in [0.717, 1.165) is 6.42 Å². The molecule has 0 bridgehead atoms. The lowest BCUT2D eigenvalue weighted by molar-refractivity contribution is 0.0945. The van der Waals surface area contributed by atoms with Gasteiger partial charge in [0, 0.05) is 18.0 Å². The molecule has 0 radical (unpaired) electrons. The number of hydrogen-bond donors (Lipinski definition) is 1. The maximum atomic E-state index is 14.6. The van der Waals surface area contributed by atoms with Crippen LogP contribution in [-0.4, -0.2) is 29.3 Å². The fourth-order valence-corrected chi connectivity index (χ4v) is 4.58. The SMILES string of the molecule is COc1ccc(-n2nc(-c3ccccc3F)cc2C(=O)NCCC(c2ccccc2)c2ccccc2)cc1. The molecular formula is C32H28FN3O2. The topological polar surface area (TPSA) is 56.2 Å². The van der Waals surface area contributed by atoms with Gasteiger partial charge >= 0.3 is 0 Å². The van der Waals surface area contributed by atoms with E-state index in [4.69, 9.17) is 4.74 Å². The van der Waals surface area contributed by atoms with E-state index in [0.29, 0.717) is 34.9 Å². The fraction of sp³-hybridized carbons (Fsp3) is 0.125. The lowest BCUT2D eigenvalue weighted by Gasteiger charge is -2.18. The molecule has 1 N–H and O–H groups in total. The van der Waals surface area contributed by atoms with Crippen molar-refractivity contribution in [3.8, 4) is 22.7 Å². The van der Waals surface area contributed by atoms with Crippen molar-refractivity contribution in [2.45, 2.75) is 12.3 Å². The molecule has 0 aliphatic heterocycles. The van der Waals surface area contributed by atoms with Crippen LogP contribution in [0.5, 0.6) is 5.75 Å². The number of nitrogens with zero attached hydrogens (tertiary/aromatic N) is 2. The van der Waals surface area contributed by atoms with Gasteiger partial charge in [0.15, 0.2) is 0 Å². The molecule has 0 aliphatic carbocycles. The Bertz CT molecular complexity index is 1460. The fourth-order valence-electron chi connectivity index (χ4n) is 4.58. The summed E-state index contributed by atoms with van der Waals surface area (Å²) >= 11 is 0. The standard InChI is InChI=1S/C32H28FN3O2/c1-38-26-18-16-25(17-19-26)36-31(22-30(35-36)28-14-8-9-15-29(28)33)32(37)34-21-20-27(23-10-4-2-5-11-23)24-12-6-3-7-13-24/h2-19,22,27H,20-21H2,1H3,(H,34,37). The predicted molar refractivity (Wildman–Crippen MR) is 147 cm³/mol. The van der Waals surface area contributed by atoms with E-state index in [1.165, 1.54) is 17.2 Å². The van der Waals surface area contributed by atoms with E-state index in [9.17, 15) is 9.18 Å². The summed E-state index contributed by atoms with van der Waals surface area (Å²) in [6.45, 7) is 0.454. The van der Waals surface area contributed by atoms with Crippen molar-refractivity contribution in [1.29, 1.82) is 0 Å². The first kappa shape index (κ1) is 25.0. The third-order valence-electron chi connectivity index (χ3n) is 6.53. The van der Waals surface area contributed by atoms with Crippen molar-refractivity contribution in [1.82, 2.24) is 15.1 Å². The summed E-state index contributed by atoms with van der Waals surface area (Å²) in [5.74, 6) is 0.149. The highest BCUT2D eigenvalue weighted by Crippen LogP contribution is 2.28. The molecule has 0 saturated heterocycles. The molecule has 38 heavy (non-hydrogen) atoms.